The maximum absolute atomic E-state index is 4.55. The summed E-state index contributed by atoms with van der Waals surface area (Å²) >= 11 is 0. The lowest BCUT2D eigenvalue weighted by molar-refractivity contribution is 0.736. The van der Waals surface area contributed by atoms with Crippen LogP contribution in [0.2, 0.25) is 0 Å². The second-order valence-electron chi connectivity index (χ2n) is 5.08. The van der Waals surface area contributed by atoms with Gasteiger partial charge in [0.2, 0.25) is 0 Å². The minimum atomic E-state index is 0.701. The van der Waals surface area contributed by atoms with Crippen LogP contribution < -0.4 is 5.32 Å². The first-order valence-corrected chi connectivity index (χ1v) is 6.40. The van der Waals surface area contributed by atoms with Crippen molar-refractivity contribution in [3.8, 4) is 0 Å². The molecule has 1 N–H and O–H groups in total. The minimum Gasteiger partial charge on any atom is -0.366 e. The number of rotatable bonds is 4. The van der Waals surface area contributed by atoms with E-state index >= 15 is 0 Å². The predicted molar refractivity (Wildman–Crippen MR) is 70.5 cm³/mol. The maximum atomic E-state index is 4.55. The van der Waals surface area contributed by atoms with Crippen LogP contribution in [0.1, 0.15) is 35.7 Å². The van der Waals surface area contributed by atoms with Gasteiger partial charge in [-0.3, -0.25) is 9.36 Å². The molecule has 0 bridgehead atoms. The van der Waals surface area contributed by atoms with E-state index in [0.717, 1.165) is 12.4 Å². The Kier molecular flexibility index (Phi) is 2.61. The lowest BCUT2D eigenvalue weighted by Crippen LogP contribution is -2.05. The Morgan fingerprint density at radius 3 is 2.72 bits per heavy atom. The van der Waals surface area contributed by atoms with Gasteiger partial charge < -0.3 is 5.32 Å². The molecular weight excluding hydrogens is 226 g/mol. The first kappa shape index (κ1) is 11.3. The second kappa shape index (κ2) is 4.15. The fourth-order valence-electron chi connectivity index (χ4n) is 2.14. The van der Waals surface area contributed by atoms with E-state index in [2.05, 4.69) is 28.5 Å². The van der Waals surface area contributed by atoms with Gasteiger partial charge in [-0.25, -0.2) is 0 Å². The summed E-state index contributed by atoms with van der Waals surface area (Å²) in [5, 5.41) is 12.2. The molecule has 0 amide bonds. The third-order valence-corrected chi connectivity index (χ3v) is 3.69. The van der Waals surface area contributed by atoms with E-state index in [1.165, 1.54) is 29.8 Å². The van der Waals surface area contributed by atoms with Crippen molar-refractivity contribution in [2.45, 2.75) is 32.2 Å². The molecule has 0 aromatic carbocycles. The molecule has 1 aliphatic rings. The van der Waals surface area contributed by atoms with E-state index < -0.39 is 0 Å². The van der Waals surface area contributed by atoms with Crippen molar-refractivity contribution in [1.82, 2.24) is 19.6 Å². The average Bonchev–Trinajstić information content (AvgIpc) is 3.07. The Labute approximate surface area is 107 Å². The first-order chi connectivity index (χ1) is 8.65. The largest absolute Gasteiger partial charge is 0.366 e. The lowest BCUT2D eigenvalue weighted by atomic mass is 10.2. The van der Waals surface area contributed by atoms with Crippen molar-refractivity contribution in [1.29, 1.82) is 0 Å². The number of nitrogens with one attached hydrogen (secondary N) is 1. The Bertz CT molecular complexity index is 562. The highest BCUT2D eigenvalue weighted by molar-refractivity contribution is 5.40. The van der Waals surface area contributed by atoms with Gasteiger partial charge in [0.1, 0.15) is 5.82 Å². The van der Waals surface area contributed by atoms with E-state index in [9.17, 15) is 0 Å². The van der Waals surface area contributed by atoms with Crippen LogP contribution in [0.25, 0.3) is 0 Å². The zero-order chi connectivity index (χ0) is 12.7. The van der Waals surface area contributed by atoms with E-state index in [1.807, 2.05) is 29.7 Å². The first-order valence-electron chi connectivity index (χ1n) is 6.40. The molecule has 96 valence electrons. The van der Waals surface area contributed by atoms with E-state index in [-0.39, 0.29) is 0 Å². The normalized spacial score (nSPS) is 15.1. The second-order valence-corrected chi connectivity index (χ2v) is 5.08. The smallest absolute Gasteiger partial charge is 0.124 e. The molecule has 2 aromatic rings. The van der Waals surface area contributed by atoms with Crippen LogP contribution >= 0.6 is 0 Å². The van der Waals surface area contributed by atoms with Gasteiger partial charge in [-0.15, -0.1) is 0 Å². The number of hydrogen-bond acceptors (Lipinski definition) is 3. The number of anilines is 1. The van der Waals surface area contributed by atoms with Crippen LogP contribution in [0.5, 0.6) is 0 Å². The van der Waals surface area contributed by atoms with Crippen LogP contribution in [0.4, 0.5) is 5.82 Å². The topological polar surface area (TPSA) is 47.7 Å². The predicted octanol–water partition coefficient (Wildman–Crippen LogP) is 1.95. The summed E-state index contributed by atoms with van der Waals surface area (Å²) in [7, 11) is 3.96. The van der Waals surface area contributed by atoms with Crippen LogP contribution in [0.3, 0.4) is 0 Å². The molecule has 5 heteroatoms. The fourth-order valence-corrected chi connectivity index (χ4v) is 2.14. The highest BCUT2D eigenvalue weighted by atomic mass is 15.3. The van der Waals surface area contributed by atoms with E-state index in [4.69, 9.17) is 0 Å². The van der Waals surface area contributed by atoms with E-state index in [1.54, 1.807) is 0 Å². The van der Waals surface area contributed by atoms with Gasteiger partial charge in [0.15, 0.2) is 0 Å². The maximum Gasteiger partial charge on any atom is 0.124 e. The van der Waals surface area contributed by atoms with Gasteiger partial charge in [0.25, 0.3) is 0 Å². The third kappa shape index (κ3) is 2.00. The molecule has 18 heavy (non-hydrogen) atoms. The Morgan fingerprint density at radius 2 is 2.11 bits per heavy atom. The molecule has 2 heterocycles. The highest BCUT2D eigenvalue weighted by Gasteiger charge is 2.26. The van der Waals surface area contributed by atoms with Crippen molar-refractivity contribution in [3.63, 3.8) is 0 Å². The lowest BCUT2D eigenvalue weighted by Gasteiger charge is -2.05. The van der Waals surface area contributed by atoms with Crippen molar-refractivity contribution in [3.05, 3.63) is 29.2 Å². The van der Waals surface area contributed by atoms with Crippen molar-refractivity contribution >= 4 is 5.82 Å². The summed E-state index contributed by atoms with van der Waals surface area (Å²) in [6.07, 6.45) is 4.50. The average molecular weight is 245 g/mol. The Balaban J connectivity index is 1.71. The molecule has 3 rings (SSSR count). The van der Waals surface area contributed by atoms with Crippen molar-refractivity contribution in [2.24, 2.45) is 14.1 Å². The quantitative estimate of drug-likeness (QED) is 0.895. The molecule has 0 aliphatic heterocycles. The fraction of sp³-hybridized carbons (Fsp3) is 0.538. The third-order valence-electron chi connectivity index (χ3n) is 3.69. The molecule has 0 saturated heterocycles. The van der Waals surface area contributed by atoms with E-state index in [0.29, 0.717) is 5.92 Å². The summed E-state index contributed by atoms with van der Waals surface area (Å²) in [6, 6.07) is 2.17. The summed E-state index contributed by atoms with van der Waals surface area (Å²) in [5.74, 6) is 1.78. The van der Waals surface area contributed by atoms with Crippen LogP contribution in [-0.4, -0.2) is 19.6 Å². The number of aryl methyl sites for hydroxylation is 2. The summed E-state index contributed by atoms with van der Waals surface area (Å²) < 4.78 is 3.83. The molecular formula is C13H19N5. The highest BCUT2D eigenvalue weighted by Crippen LogP contribution is 2.39. The molecule has 0 unspecified atom stereocenters. The van der Waals surface area contributed by atoms with Gasteiger partial charge in [-0.2, -0.15) is 10.2 Å². The van der Waals surface area contributed by atoms with Gasteiger partial charge in [-0.1, -0.05) is 0 Å². The minimum absolute atomic E-state index is 0.701. The molecule has 0 radical (unpaired) electrons. The van der Waals surface area contributed by atoms with Gasteiger partial charge in [-0.05, 0) is 19.8 Å². The monoisotopic (exact) mass is 245 g/mol. The van der Waals surface area contributed by atoms with Gasteiger partial charge in [0.05, 0.1) is 11.9 Å². The Hall–Kier alpha value is -1.78. The zero-order valence-corrected chi connectivity index (χ0v) is 11.1. The molecule has 1 aliphatic carbocycles. The Morgan fingerprint density at radius 1 is 1.33 bits per heavy atom. The molecule has 0 spiro atoms. The van der Waals surface area contributed by atoms with Gasteiger partial charge >= 0.3 is 0 Å². The molecule has 0 atom stereocenters. The van der Waals surface area contributed by atoms with Crippen LogP contribution in [0.15, 0.2) is 12.3 Å². The standard InChI is InChI=1S/C13H19N5/c1-9-11(8-15-17(9)2)7-14-13-6-12(10-4-5-10)16-18(13)3/h6,8,10,14H,4-5,7H2,1-3H3. The number of hydrogen-bond donors (Lipinski definition) is 1. The molecule has 2 aromatic heterocycles. The molecule has 5 nitrogen and oxygen atoms in total. The van der Waals surface area contributed by atoms with Gasteiger partial charge in [0, 0.05) is 43.9 Å². The summed E-state index contributed by atoms with van der Waals surface area (Å²) in [6.45, 7) is 2.88. The summed E-state index contributed by atoms with van der Waals surface area (Å²) in [4.78, 5) is 0. The molecule has 1 fully saturated rings. The molecule has 1 saturated carbocycles. The summed E-state index contributed by atoms with van der Waals surface area (Å²) in [5.41, 5.74) is 3.65. The van der Waals surface area contributed by atoms with Crippen molar-refractivity contribution in [2.75, 3.05) is 5.32 Å². The SMILES string of the molecule is Cc1c(CNc2cc(C3CC3)nn2C)cnn1C. The number of nitrogens with zero attached hydrogens (tertiary/aromatic N) is 4. The van der Waals surface area contributed by atoms with Crippen molar-refractivity contribution < 1.29 is 0 Å². The van der Waals surface area contributed by atoms with Crippen LogP contribution in [0, 0.1) is 6.92 Å². The number of aromatic nitrogens is 4. The zero-order valence-electron chi connectivity index (χ0n) is 11.1. The van der Waals surface area contributed by atoms with Crippen LogP contribution in [-0.2, 0) is 20.6 Å².